The van der Waals surface area contributed by atoms with Crippen LogP contribution < -0.4 is 15.9 Å². The molecule has 2 N–H and O–H groups in total. The van der Waals surface area contributed by atoms with E-state index in [9.17, 15) is 4.79 Å². The van der Waals surface area contributed by atoms with E-state index in [4.69, 9.17) is 21.3 Å². The van der Waals surface area contributed by atoms with Crippen LogP contribution in [0.1, 0.15) is 5.76 Å². The molecule has 0 radical (unpaired) electrons. The quantitative estimate of drug-likeness (QED) is 0.858. The summed E-state index contributed by atoms with van der Waals surface area (Å²) in [5.74, 6) is 3.23. The average Bonchev–Trinajstić information content (AvgIpc) is 2.36. The molecule has 0 aliphatic carbocycles. The Morgan fingerprint density at radius 3 is 2.89 bits per heavy atom. The number of nitrogens with two attached hydrogens (primary N) is 1. The number of fused-ring (bicyclic) bond motifs is 1. The van der Waals surface area contributed by atoms with Gasteiger partial charge in [-0.05, 0) is 12.1 Å². The van der Waals surface area contributed by atoms with Crippen molar-refractivity contribution >= 4 is 23.4 Å². The highest BCUT2D eigenvalue weighted by Gasteiger charge is 2.08. The number of hydrogen-bond donors (Lipinski definition) is 1. The molecule has 2 rings (SSSR count). The third-order valence-electron chi connectivity index (χ3n) is 2.28. The van der Waals surface area contributed by atoms with Gasteiger partial charge in [0.15, 0.2) is 16.8 Å². The molecule has 0 atom stereocenters. The third kappa shape index (κ3) is 2.65. The molecule has 0 saturated heterocycles. The zero-order chi connectivity index (χ0) is 12.3. The molecular weight excluding hydrogens is 254 g/mol. The Morgan fingerprint density at radius 2 is 2.22 bits per heavy atom. The van der Waals surface area contributed by atoms with Gasteiger partial charge in [0, 0.05) is 6.07 Å². The van der Waals surface area contributed by atoms with Crippen LogP contribution in [0.2, 0.25) is 0 Å². The number of rotatable bonds is 3. The maximum absolute atomic E-state index is 11.8. The van der Waals surface area contributed by atoms with E-state index in [0.717, 1.165) is 0 Å². The van der Waals surface area contributed by atoms with Crippen molar-refractivity contribution in [2.75, 3.05) is 6.61 Å². The molecule has 94 valence electrons. The fourth-order valence-corrected chi connectivity index (χ4v) is 1.53. The van der Waals surface area contributed by atoms with E-state index in [0.29, 0.717) is 22.5 Å². The van der Waals surface area contributed by atoms with Gasteiger partial charge in [0.05, 0.1) is 11.9 Å². The SMILES string of the molecule is C#CCOc1cccc2c(=O)cc(CN)oc12.Cl. The lowest BCUT2D eigenvalue weighted by Gasteiger charge is -2.06. The van der Waals surface area contributed by atoms with E-state index >= 15 is 0 Å². The lowest BCUT2D eigenvalue weighted by molar-refractivity contribution is 0.365. The molecule has 2 aromatic rings. The molecule has 0 aliphatic heterocycles. The largest absolute Gasteiger partial charge is 0.477 e. The highest BCUT2D eigenvalue weighted by atomic mass is 35.5. The first-order chi connectivity index (χ1) is 8.26. The Hall–Kier alpha value is -1.96. The van der Waals surface area contributed by atoms with Crippen molar-refractivity contribution in [1.82, 2.24) is 0 Å². The second-order valence-corrected chi connectivity index (χ2v) is 3.41. The fraction of sp³-hybridized carbons (Fsp3) is 0.154. The maximum atomic E-state index is 11.8. The van der Waals surface area contributed by atoms with Gasteiger partial charge in [-0.3, -0.25) is 4.79 Å². The topological polar surface area (TPSA) is 65.5 Å². The van der Waals surface area contributed by atoms with Crippen molar-refractivity contribution in [3.8, 4) is 18.1 Å². The Bertz CT molecular complexity index is 643. The van der Waals surface area contributed by atoms with Gasteiger partial charge >= 0.3 is 0 Å². The summed E-state index contributed by atoms with van der Waals surface area (Å²) in [7, 11) is 0. The minimum Gasteiger partial charge on any atom is -0.477 e. The molecule has 0 amide bonds. The molecule has 0 bridgehead atoms. The molecular formula is C13H12ClNO3. The van der Waals surface area contributed by atoms with Crippen LogP contribution in [0.15, 0.2) is 33.5 Å². The summed E-state index contributed by atoms with van der Waals surface area (Å²) in [4.78, 5) is 11.8. The minimum atomic E-state index is -0.141. The van der Waals surface area contributed by atoms with Gasteiger partial charge in [-0.25, -0.2) is 0 Å². The zero-order valence-electron chi connectivity index (χ0n) is 9.51. The highest BCUT2D eigenvalue weighted by Crippen LogP contribution is 2.24. The molecule has 0 spiro atoms. The number of ether oxygens (including phenoxy) is 1. The Balaban J connectivity index is 0.00000162. The number of benzene rings is 1. The van der Waals surface area contributed by atoms with Crippen molar-refractivity contribution in [3.05, 3.63) is 40.2 Å². The molecule has 1 heterocycles. The van der Waals surface area contributed by atoms with Crippen molar-refractivity contribution in [2.24, 2.45) is 5.73 Å². The summed E-state index contributed by atoms with van der Waals surface area (Å²) in [5.41, 5.74) is 5.70. The lowest BCUT2D eigenvalue weighted by Crippen LogP contribution is -2.06. The predicted molar refractivity (Wildman–Crippen MR) is 72.0 cm³/mol. The average molecular weight is 266 g/mol. The van der Waals surface area contributed by atoms with E-state index in [1.165, 1.54) is 6.07 Å². The first-order valence-electron chi connectivity index (χ1n) is 5.08. The third-order valence-corrected chi connectivity index (χ3v) is 2.28. The monoisotopic (exact) mass is 265 g/mol. The van der Waals surface area contributed by atoms with Gasteiger partial charge < -0.3 is 14.9 Å². The Morgan fingerprint density at radius 1 is 1.44 bits per heavy atom. The van der Waals surface area contributed by atoms with Crippen molar-refractivity contribution in [1.29, 1.82) is 0 Å². The number of halogens is 1. The second kappa shape index (κ2) is 6.10. The Kier molecular flexibility index (Phi) is 4.78. The van der Waals surface area contributed by atoms with Crippen LogP contribution in [0.5, 0.6) is 5.75 Å². The van der Waals surface area contributed by atoms with Gasteiger partial charge in [-0.15, -0.1) is 18.8 Å². The smallest absolute Gasteiger partial charge is 0.193 e. The lowest BCUT2D eigenvalue weighted by atomic mass is 10.2. The van der Waals surface area contributed by atoms with Crippen molar-refractivity contribution < 1.29 is 9.15 Å². The van der Waals surface area contributed by atoms with Gasteiger partial charge in [0.1, 0.15) is 12.4 Å². The van der Waals surface area contributed by atoms with Gasteiger partial charge in [-0.1, -0.05) is 12.0 Å². The number of terminal acetylenes is 1. The molecule has 0 saturated carbocycles. The van der Waals surface area contributed by atoms with Crippen LogP contribution >= 0.6 is 12.4 Å². The summed E-state index contributed by atoms with van der Waals surface area (Å²) in [6.45, 7) is 0.282. The molecule has 1 aromatic carbocycles. The van der Waals surface area contributed by atoms with Crippen LogP contribution in [0.3, 0.4) is 0 Å². The van der Waals surface area contributed by atoms with E-state index in [-0.39, 0.29) is 31.0 Å². The zero-order valence-corrected chi connectivity index (χ0v) is 10.3. The Labute approximate surface area is 110 Å². The summed E-state index contributed by atoms with van der Waals surface area (Å²) >= 11 is 0. The molecule has 0 fully saturated rings. The molecule has 18 heavy (non-hydrogen) atoms. The summed E-state index contributed by atoms with van der Waals surface area (Å²) < 4.78 is 10.8. The number of para-hydroxylation sites is 1. The van der Waals surface area contributed by atoms with Gasteiger partial charge in [0.25, 0.3) is 0 Å². The van der Waals surface area contributed by atoms with Crippen LogP contribution in [0.25, 0.3) is 11.0 Å². The van der Waals surface area contributed by atoms with Gasteiger partial charge in [-0.2, -0.15) is 0 Å². The first-order valence-corrected chi connectivity index (χ1v) is 5.08. The van der Waals surface area contributed by atoms with E-state index in [1.807, 2.05) is 0 Å². The normalized spacial score (nSPS) is 9.56. The molecule has 5 heteroatoms. The van der Waals surface area contributed by atoms with Crippen LogP contribution in [0, 0.1) is 12.3 Å². The van der Waals surface area contributed by atoms with E-state index < -0.39 is 0 Å². The summed E-state index contributed by atoms with van der Waals surface area (Å²) in [6, 6.07) is 6.47. The molecule has 0 unspecified atom stereocenters. The highest BCUT2D eigenvalue weighted by molar-refractivity contribution is 5.85. The fourth-order valence-electron chi connectivity index (χ4n) is 1.53. The molecule has 1 aromatic heterocycles. The van der Waals surface area contributed by atoms with Crippen molar-refractivity contribution in [2.45, 2.75) is 6.54 Å². The predicted octanol–water partition coefficient (Wildman–Crippen LogP) is 1.69. The second-order valence-electron chi connectivity index (χ2n) is 3.41. The van der Waals surface area contributed by atoms with Crippen LogP contribution in [-0.2, 0) is 6.54 Å². The van der Waals surface area contributed by atoms with Crippen LogP contribution in [-0.4, -0.2) is 6.61 Å². The number of hydrogen-bond acceptors (Lipinski definition) is 4. The first kappa shape index (κ1) is 14.1. The van der Waals surface area contributed by atoms with Gasteiger partial charge in [0.2, 0.25) is 0 Å². The molecule has 0 aliphatic rings. The minimum absolute atomic E-state index is 0. The maximum Gasteiger partial charge on any atom is 0.193 e. The summed E-state index contributed by atoms with van der Waals surface area (Å²) in [6.07, 6.45) is 5.12. The van der Waals surface area contributed by atoms with Crippen molar-refractivity contribution in [3.63, 3.8) is 0 Å². The summed E-state index contributed by atoms with van der Waals surface area (Å²) in [5, 5.41) is 0.455. The molecule has 4 nitrogen and oxygen atoms in total. The van der Waals surface area contributed by atoms with Crippen LogP contribution in [0.4, 0.5) is 0 Å². The van der Waals surface area contributed by atoms with E-state index in [2.05, 4.69) is 5.92 Å². The van der Waals surface area contributed by atoms with E-state index in [1.54, 1.807) is 18.2 Å². The standard InChI is InChI=1S/C13H11NO3.ClH/c1-2-6-16-12-5-3-4-10-11(15)7-9(8-14)17-13(10)12;/h1,3-5,7H,6,8,14H2;1H.